The Bertz CT molecular complexity index is 1220. The quantitative estimate of drug-likeness (QED) is 0.566. The highest BCUT2D eigenvalue weighted by molar-refractivity contribution is 7.88. The smallest absolute Gasteiger partial charge is 0.243 e. The number of fused-ring (bicyclic) bond motifs is 1. The van der Waals surface area contributed by atoms with Crippen LogP contribution < -0.4 is 4.74 Å². The molecule has 174 valence electrons. The van der Waals surface area contributed by atoms with Gasteiger partial charge in [0.25, 0.3) is 0 Å². The SMILES string of the molecule is CS(=O)(=O)N1CCC(c2ccc(-c3cc4nccnc4c(O[C@@H]4CCCOC4)n3)cc2)CC1. The molecule has 9 heteroatoms. The first-order valence-corrected chi connectivity index (χ1v) is 13.2. The van der Waals surface area contributed by atoms with Crippen molar-refractivity contribution in [1.82, 2.24) is 19.3 Å². The van der Waals surface area contributed by atoms with Crippen LogP contribution in [0.5, 0.6) is 5.88 Å². The van der Waals surface area contributed by atoms with Crippen LogP contribution in [0.4, 0.5) is 0 Å². The van der Waals surface area contributed by atoms with Gasteiger partial charge in [0.2, 0.25) is 15.9 Å². The van der Waals surface area contributed by atoms with E-state index in [0.29, 0.717) is 37.0 Å². The fraction of sp³-hybridized carbons (Fsp3) is 0.458. The second-order valence-electron chi connectivity index (χ2n) is 8.75. The van der Waals surface area contributed by atoms with E-state index in [0.717, 1.165) is 49.1 Å². The molecule has 5 rings (SSSR count). The first-order valence-electron chi connectivity index (χ1n) is 11.4. The highest BCUT2D eigenvalue weighted by atomic mass is 32.2. The largest absolute Gasteiger partial charge is 0.470 e. The Kier molecular flexibility index (Phi) is 6.27. The van der Waals surface area contributed by atoms with Gasteiger partial charge in [0, 0.05) is 37.7 Å². The number of nitrogens with zero attached hydrogens (tertiary/aromatic N) is 4. The van der Waals surface area contributed by atoms with Crippen LogP contribution in [0, 0.1) is 0 Å². The third-order valence-electron chi connectivity index (χ3n) is 6.42. The van der Waals surface area contributed by atoms with Gasteiger partial charge in [-0.25, -0.2) is 22.7 Å². The van der Waals surface area contributed by atoms with Crippen LogP contribution in [0.1, 0.15) is 37.2 Å². The molecule has 2 fully saturated rings. The van der Waals surface area contributed by atoms with E-state index in [1.165, 1.54) is 11.8 Å². The van der Waals surface area contributed by atoms with Gasteiger partial charge in [-0.3, -0.25) is 4.98 Å². The number of ether oxygens (including phenoxy) is 2. The van der Waals surface area contributed by atoms with Crippen molar-refractivity contribution in [3.05, 3.63) is 48.3 Å². The third kappa shape index (κ3) is 5.00. The maximum absolute atomic E-state index is 11.8. The maximum Gasteiger partial charge on any atom is 0.243 e. The molecule has 33 heavy (non-hydrogen) atoms. The summed E-state index contributed by atoms with van der Waals surface area (Å²) in [6, 6.07) is 10.3. The lowest BCUT2D eigenvalue weighted by Gasteiger charge is -2.30. The number of benzene rings is 1. The molecular weight excluding hydrogens is 440 g/mol. The Morgan fingerprint density at radius 3 is 2.52 bits per heavy atom. The number of hydrogen-bond acceptors (Lipinski definition) is 7. The number of piperidine rings is 1. The Hall–Kier alpha value is -2.62. The number of aromatic nitrogens is 3. The standard InChI is InChI=1S/C24H28N4O4S/c1-33(29,30)28-12-8-18(9-13-28)17-4-6-19(7-5-17)21-15-22-23(26-11-10-25-22)24(27-21)32-20-3-2-14-31-16-20/h4-7,10-11,15,18,20H,2-3,8-9,12-14,16H2,1H3/t20-/m1/s1. The van der Waals surface area contributed by atoms with Crippen molar-refractivity contribution >= 4 is 21.1 Å². The molecule has 0 spiro atoms. The second kappa shape index (κ2) is 9.32. The Labute approximate surface area is 194 Å². The number of hydrogen-bond donors (Lipinski definition) is 0. The van der Waals surface area contributed by atoms with Crippen LogP contribution in [0.3, 0.4) is 0 Å². The lowest BCUT2D eigenvalue weighted by Crippen LogP contribution is -2.37. The third-order valence-corrected chi connectivity index (χ3v) is 7.73. The van der Waals surface area contributed by atoms with Gasteiger partial charge in [-0.05, 0) is 43.2 Å². The first-order chi connectivity index (χ1) is 16.0. The lowest BCUT2D eigenvalue weighted by molar-refractivity contribution is 0.00618. The highest BCUT2D eigenvalue weighted by Crippen LogP contribution is 2.32. The topological polar surface area (TPSA) is 94.5 Å². The molecule has 2 aliphatic heterocycles. The van der Waals surface area contributed by atoms with E-state index in [1.807, 2.05) is 6.07 Å². The molecule has 0 N–H and O–H groups in total. The van der Waals surface area contributed by atoms with Gasteiger partial charge < -0.3 is 9.47 Å². The van der Waals surface area contributed by atoms with Gasteiger partial charge in [0.1, 0.15) is 6.10 Å². The molecule has 0 saturated carbocycles. The molecule has 1 aromatic carbocycles. The molecule has 0 unspecified atom stereocenters. The van der Waals surface area contributed by atoms with E-state index in [9.17, 15) is 8.42 Å². The fourth-order valence-electron chi connectivity index (χ4n) is 4.58. The Morgan fingerprint density at radius 1 is 1.06 bits per heavy atom. The van der Waals surface area contributed by atoms with E-state index in [4.69, 9.17) is 14.5 Å². The van der Waals surface area contributed by atoms with Gasteiger partial charge in [-0.2, -0.15) is 0 Å². The molecule has 0 aliphatic carbocycles. The predicted octanol–water partition coefficient (Wildman–Crippen LogP) is 3.39. The molecule has 1 atom stereocenters. The van der Waals surface area contributed by atoms with E-state index < -0.39 is 10.0 Å². The zero-order chi connectivity index (χ0) is 22.8. The van der Waals surface area contributed by atoms with Crippen molar-refractivity contribution in [2.24, 2.45) is 0 Å². The zero-order valence-corrected chi connectivity index (χ0v) is 19.5. The molecule has 2 aliphatic rings. The normalized spacial score (nSPS) is 20.7. The van der Waals surface area contributed by atoms with Crippen molar-refractivity contribution in [3.63, 3.8) is 0 Å². The Morgan fingerprint density at radius 2 is 1.82 bits per heavy atom. The molecule has 2 aromatic heterocycles. The Balaban J connectivity index is 1.38. The van der Waals surface area contributed by atoms with Crippen molar-refractivity contribution in [1.29, 1.82) is 0 Å². The minimum atomic E-state index is -3.11. The van der Waals surface area contributed by atoms with Gasteiger partial charge in [0.15, 0.2) is 5.52 Å². The number of pyridine rings is 1. The zero-order valence-electron chi connectivity index (χ0n) is 18.7. The van der Waals surface area contributed by atoms with Crippen molar-refractivity contribution < 1.29 is 17.9 Å². The molecular formula is C24H28N4O4S. The fourth-order valence-corrected chi connectivity index (χ4v) is 5.46. The van der Waals surface area contributed by atoms with Crippen molar-refractivity contribution in [3.8, 4) is 17.1 Å². The van der Waals surface area contributed by atoms with E-state index in [2.05, 4.69) is 34.2 Å². The molecule has 8 nitrogen and oxygen atoms in total. The summed E-state index contributed by atoms with van der Waals surface area (Å²) in [5.41, 5.74) is 4.38. The average molecular weight is 469 g/mol. The first kappa shape index (κ1) is 22.2. The van der Waals surface area contributed by atoms with Crippen LogP contribution in [-0.4, -0.2) is 66.3 Å². The summed E-state index contributed by atoms with van der Waals surface area (Å²) in [5.74, 6) is 0.848. The summed E-state index contributed by atoms with van der Waals surface area (Å²) < 4.78 is 36.9. The number of rotatable bonds is 5. The van der Waals surface area contributed by atoms with Crippen LogP contribution in [-0.2, 0) is 14.8 Å². The maximum atomic E-state index is 11.8. The van der Waals surface area contributed by atoms with Crippen molar-refractivity contribution in [2.45, 2.75) is 37.7 Å². The van der Waals surface area contributed by atoms with E-state index in [1.54, 1.807) is 16.7 Å². The second-order valence-corrected chi connectivity index (χ2v) is 10.7. The van der Waals surface area contributed by atoms with Crippen molar-refractivity contribution in [2.75, 3.05) is 32.6 Å². The summed E-state index contributed by atoms with van der Waals surface area (Å²) in [6.45, 7) is 2.47. The van der Waals surface area contributed by atoms with Gasteiger partial charge in [-0.1, -0.05) is 24.3 Å². The van der Waals surface area contributed by atoms with Gasteiger partial charge in [0.05, 0.1) is 24.1 Å². The molecule has 4 heterocycles. The minimum Gasteiger partial charge on any atom is -0.470 e. The summed E-state index contributed by atoms with van der Waals surface area (Å²) >= 11 is 0. The summed E-state index contributed by atoms with van der Waals surface area (Å²) in [6.07, 6.45) is 8.13. The van der Waals surface area contributed by atoms with E-state index in [-0.39, 0.29) is 6.10 Å². The monoisotopic (exact) mass is 468 g/mol. The molecule has 2 saturated heterocycles. The van der Waals surface area contributed by atoms with Crippen LogP contribution in [0.2, 0.25) is 0 Å². The number of sulfonamides is 1. The molecule has 0 amide bonds. The van der Waals surface area contributed by atoms with Gasteiger partial charge in [-0.15, -0.1) is 0 Å². The summed E-state index contributed by atoms with van der Waals surface area (Å²) in [7, 11) is -3.11. The van der Waals surface area contributed by atoms with Crippen LogP contribution >= 0.6 is 0 Å². The van der Waals surface area contributed by atoms with Gasteiger partial charge >= 0.3 is 0 Å². The highest BCUT2D eigenvalue weighted by Gasteiger charge is 2.26. The van der Waals surface area contributed by atoms with Crippen LogP contribution in [0.25, 0.3) is 22.3 Å². The molecule has 3 aromatic rings. The molecule has 0 bridgehead atoms. The molecule has 0 radical (unpaired) electrons. The average Bonchev–Trinajstić information content (AvgIpc) is 2.84. The lowest BCUT2D eigenvalue weighted by atomic mass is 9.89. The predicted molar refractivity (Wildman–Crippen MR) is 126 cm³/mol. The summed E-state index contributed by atoms with van der Waals surface area (Å²) in [5, 5.41) is 0. The van der Waals surface area contributed by atoms with E-state index >= 15 is 0 Å². The summed E-state index contributed by atoms with van der Waals surface area (Å²) in [4.78, 5) is 13.7. The van der Waals surface area contributed by atoms with Crippen LogP contribution in [0.15, 0.2) is 42.7 Å². The minimum absolute atomic E-state index is 0.0353.